The van der Waals surface area contributed by atoms with Crippen LogP contribution in [0.5, 0.6) is 0 Å². The number of aromatic nitrogens is 1. The van der Waals surface area contributed by atoms with Crippen LogP contribution in [0.1, 0.15) is 18.5 Å². The zero-order chi connectivity index (χ0) is 13.0. The van der Waals surface area contributed by atoms with Gasteiger partial charge in [-0.2, -0.15) is 0 Å². The molecule has 2 N–H and O–H groups in total. The number of hydrogen-bond acceptors (Lipinski definition) is 4. The lowest BCUT2D eigenvalue weighted by molar-refractivity contribution is -0.122. The van der Waals surface area contributed by atoms with Crippen molar-refractivity contribution in [3.63, 3.8) is 0 Å². The van der Waals surface area contributed by atoms with Crippen LogP contribution in [0.3, 0.4) is 0 Å². The number of hydrogen-bond donors (Lipinski definition) is 2. The first kappa shape index (κ1) is 12.8. The summed E-state index contributed by atoms with van der Waals surface area (Å²) in [7, 11) is 3.81. The molecular formula is C13H20N4O. The van der Waals surface area contributed by atoms with E-state index in [9.17, 15) is 4.79 Å². The van der Waals surface area contributed by atoms with E-state index >= 15 is 0 Å². The third-order valence-electron chi connectivity index (χ3n) is 2.89. The van der Waals surface area contributed by atoms with Crippen molar-refractivity contribution in [3.8, 4) is 0 Å². The Morgan fingerprint density at radius 1 is 1.56 bits per heavy atom. The second-order valence-electron chi connectivity index (χ2n) is 4.80. The molecule has 0 spiro atoms. The smallest absolute Gasteiger partial charge is 0.234 e. The first-order valence-corrected chi connectivity index (χ1v) is 6.28. The Kier molecular flexibility index (Phi) is 4.15. The number of likely N-dealkylation sites (N-methyl/N-ethyl adjacent to an activating group) is 1. The molecule has 1 amide bonds. The maximum Gasteiger partial charge on any atom is 0.234 e. The highest BCUT2D eigenvalue weighted by Crippen LogP contribution is 2.18. The zero-order valence-corrected chi connectivity index (χ0v) is 10.9. The molecule has 98 valence electrons. The standard InChI is InChI=1S/C13H20N4O/c1-14-11-5-6-15-12(7-11)8-17(2)9-13(18)16-10-3-4-10/h5-7,10H,3-4,8-9H2,1-2H3,(H,14,15)(H,16,18). The van der Waals surface area contributed by atoms with Gasteiger partial charge in [0, 0.05) is 31.5 Å². The van der Waals surface area contributed by atoms with Crippen LogP contribution in [0.2, 0.25) is 0 Å². The van der Waals surface area contributed by atoms with E-state index in [0.29, 0.717) is 19.1 Å². The Balaban J connectivity index is 1.81. The quantitative estimate of drug-likeness (QED) is 0.783. The summed E-state index contributed by atoms with van der Waals surface area (Å²) in [4.78, 5) is 17.9. The minimum absolute atomic E-state index is 0.102. The van der Waals surface area contributed by atoms with Crippen LogP contribution in [-0.4, -0.2) is 42.5 Å². The molecule has 0 bridgehead atoms. The van der Waals surface area contributed by atoms with Gasteiger partial charge in [0.2, 0.25) is 5.91 Å². The van der Waals surface area contributed by atoms with E-state index in [1.165, 1.54) is 0 Å². The van der Waals surface area contributed by atoms with Crippen LogP contribution in [0.4, 0.5) is 5.69 Å². The van der Waals surface area contributed by atoms with Crippen molar-refractivity contribution in [2.24, 2.45) is 0 Å². The molecule has 1 aromatic rings. The molecule has 0 saturated heterocycles. The molecule has 0 aliphatic heterocycles. The number of anilines is 1. The van der Waals surface area contributed by atoms with Crippen molar-refractivity contribution < 1.29 is 4.79 Å². The average Bonchev–Trinajstić information content (AvgIpc) is 3.12. The molecule has 1 aliphatic rings. The predicted octanol–water partition coefficient (Wildman–Crippen LogP) is 0.834. The summed E-state index contributed by atoms with van der Waals surface area (Å²) in [6, 6.07) is 4.34. The normalized spacial score (nSPS) is 14.6. The van der Waals surface area contributed by atoms with E-state index in [1.54, 1.807) is 6.20 Å². The van der Waals surface area contributed by atoms with Crippen molar-refractivity contribution >= 4 is 11.6 Å². The first-order valence-electron chi connectivity index (χ1n) is 6.28. The van der Waals surface area contributed by atoms with Gasteiger partial charge in [0.15, 0.2) is 0 Å². The molecular weight excluding hydrogens is 228 g/mol. The number of rotatable bonds is 6. The highest BCUT2D eigenvalue weighted by Gasteiger charge is 2.23. The highest BCUT2D eigenvalue weighted by atomic mass is 16.2. The summed E-state index contributed by atoms with van der Waals surface area (Å²) in [5.41, 5.74) is 2.00. The monoisotopic (exact) mass is 248 g/mol. The highest BCUT2D eigenvalue weighted by molar-refractivity contribution is 5.78. The van der Waals surface area contributed by atoms with Crippen molar-refractivity contribution in [2.45, 2.75) is 25.4 Å². The fourth-order valence-electron chi connectivity index (χ4n) is 1.80. The fourth-order valence-corrected chi connectivity index (χ4v) is 1.80. The van der Waals surface area contributed by atoms with Gasteiger partial charge in [-0.3, -0.25) is 14.7 Å². The third kappa shape index (κ3) is 4.00. The number of nitrogens with one attached hydrogen (secondary N) is 2. The molecule has 1 fully saturated rings. The van der Waals surface area contributed by atoms with Crippen molar-refractivity contribution in [2.75, 3.05) is 26.0 Å². The maximum absolute atomic E-state index is 11.6. The third-order valence-corrected chi connectivity index (χ3v) is 2.89. The summed E-state index contributed by atoms with van der Waals surface area (Å²) in [6.07, 6.45) is 4.03. The molecule has 0 radical (unpaired) electrons. The minimum atomic E-state index is 0.102. The van der Waals surface area contributed by atoms with Crippen LogP contribution >= 0.6 is 0 Å². The summed E-state index contributed by atoms with van der Waals surface area (Å²) in [6.45, 7) is 1.09. The molecule has 0 unspecified atom stereocenters. The molecule has 18 heavy (non-hydrogen) atoms. The molecule has 5 nitrogen and oxygen atoms in total. The number of carbonyl (C=O) groups is 1. The Hall–Kier alpha value is -1.62. The molecule has 1 saturated carbocycles. The van der Waals surface area contributed by atoms with Gasteiger partial charge in [-0.1, -0.05) is 0 Å². The second-order valence-corrected chi connectivity index (χ2v) is 4.80. The van der Waals surface area contributed by atoms with Gasteiger partial charge in [-0.05, 0) is 32.0 Å². The predicted molar refractivity (Wildman–Crippen MR) is 71.3 cm³/mol. The van der Waals surface area contributed by atoms with Gasteiger partial charge in [-0.15, -0.1) is 0 Å². The number of carbonyl (C=O) groups excluding carboxylic acids is 1. The van der Waals surface area contributed by atoms with Gasteiger partial charge >= 0.3 is 0 Å². The number of amides is 1. The topological polar surface area (TPSA) is 57.3 Å². The average molecular weight is 248 g/mol. The SMILES string of the molecule is CNc1ccnc(CN(C)CC(=O)NC2CC2)c1. The van der Waals surface area contributed by atoms with Crippen LogP contribution in [0.25, 0.3) is 0 Å². The van der Waals surface area contributed by atoms with Crippen molar-refractivity contribution in [3.05, 3.63) is 24.0 Å². The minimum Gasteiger partial charge on any atom is -0.388 e. The lowest BCUT2D eigenvalue weighted by Gasteiger charge is -2.16. The molecule has 1 aliphatic carbocycles. The zero-order valence-electron chi connectivity index (χ0n) is 10.9. The lowest BCUT2D eigenvalue weighted by Crippen LogP contribution is -2.36. The van der Waals surface area contributed by atoms with Gasteiger partial charge in [0.05, 0.1) is 12.2 Å². The second kappa shape index (κ2) is 5.82. The van der Waals surface area contributed by atoms with E-state index in [1.807, 2.05) is 31.1 Å². The Bertz CT molecular complexity index is 417. The van der Waals surface area contributed by atoms with Crippen LogP contribution in [0.15, 0.2) is 18.3 Å². The summed E-state index contributed by atoms with van der Waals surface area (Å²) in [5.74, 6) is 0.102. The van der Waals surface area contributed by atoms with Gasteiger partial charge < -0.3 is 10.6 Å². The van der Waals surface area contributed by atoms with E-state index in [2.05, 4.69) is 15.6 Å². The van der Waals surface area contributed by atoms with Crippen molar-refractivity contribution in [1.82, 2.24) is 15.2 Å². The van der Waals surface area contributed by atoms with Gasteiger partial charge in [-0.25, -0.2) is 0 Å². The Labute approximate surface area is 108 Å². The Morgan fingerprint density at radius 2 is 2.33 bits per heavy atom. The molecule has 1 heterocycles. The van der Waals surface area contributed by atoms with E-state index < -0.39 is 0 Å². The molecule has 5 heteroatoms. The van der Waals surface area contributed by atoms with Crippen LogP contribution in [-0.2, 0) is 11.3 Å². The molecule has 1 aromatic heterocycles. The fraction of sp³-hybridized carbons (Fsp3) is 0.538. The molecule has 0 aromatic carbocycles. The Morgan fingerprint density at radius 3 is 3.00 bits per heavy atom. The van der Waals surface area contributed by atoms with Crippen LogP contribution < -0.4 is 10.6 Å². The van der Waals surface area contributed by atoms with E-state index in [0.717, 1.165) is 24.2 Å². The number of pyridine rings is 1. The number of nitrogens with zero attached hydrogens (tertiary/aromatic N) is 2. The molecule has 2 rings (SSSR count). The lowest BCUT2D eigenvalue weighted by atomic mass is 10.3. The van der Waals surface area contributed by atoms with Crippen LogP contribution in [0, 0.1) is 0 Å². The summed E-state index contributed by atoms with van der Waals surface area (Å²) in [5, 5.41) is 6.06. The van der Waals surface area contributed by atoms with Gasteiger partial charge in [0.25, 0.3) is 0 Å². The largest absolute Gasteiger partial charge is 0.388 e. The summed E-state index contributed by atoms with van der Waals surface area (Å²) >= 11 is 0. The van der Waals surface area contributed by atoms with Gasteiger partial charge in [0.1, 0.15) is 0 Å². The first-order chi connectivity index (χ1) is 8.67. The van der Waals surface area contributed by atoms with E-state index in [-0.39, 0.29) is 5.91 Å². The van der Waals surface area contributed by atoms with E-state index in [4.69, 9.17) is 0 Å². The molecule has 0 atom stereocenters. The van der Waals surface area contributed by atoms with Crippen molar-refractivity contribution in [1.29, 1.82) is 0 Å². The maximum atomic E-state index is 11.6. The summed E-state index contributed by atoms with van der Waals surface area (Å²) < 4.78 is 0.